The lowest BCUT2D eigenvalue weighted by Crippen LogP contribution is -2.40. The third-order valence-corrected chi connectivity index (χ3v) is 6.42. The Morgan fingerprint density at radius 2 is 1.80 bits per heavy atom. The fourth-order valence-corrected chi connectivity index (χ4v) is 4.44. The first-order valence-corrected chi connectivity index (χ1v) is 12.0. The second kappa shape index (κ2) is 10.7. The molecule has 182 valence electrons. The predicted molar refractivity (Wildman–Crippen MR) is 134 cm³/mol. The number of nitrogens with zero attached hydrogens (tertiary/aromatic N) is 1. The second-order valence-corrected chi connectivity index (χ2v) is 8.97. The zero-order valence-corrected chi connectivity index (χ0v) is 20.4. The standard InChI is InChI=1S/C29H31FN2O3/c1-4-27(33)32-16-15-22-11-14-25(17-26(22)28(32)23-9-5-19(2)6-10-23)35-20(3)29(34)31-18-21-7-12-24(30)13-8-21/h5-14,17,20,28H,4,15-16,18H2,1-3H3,(H,31,34)/t20-,28+/m1/s1. The molecule has 0 spiro atoms. The summed E-state index contributed by atoms with van der Waals surface area (Å²) < 4.78 is 19.1. The van der Waals surface area contributed by atoms with Gasteiger partial charge in [0.2, 0.25) is 5.91 Å². The van der Waals surface area contributed by atoms with E-state index in [1.807, 2.05) is 36.9 Å². The number of halogens is 1. The van der Waals surface area contributed by atoms with E-state index in [2.05, 4.69) is 29.6 Å². The molecule has 0 saturated carbocycles. The van der Waals surface area contributed by atoms with Gasteiger partial charge in [-0.25, -0.2) is 4.39 Å². The molecule has 4 rings (SSSR count). The maximum Gasteiger partial charge on any atom is 0.261 e. The van der Waals surface area contributed by atoms with Crippen LogP contribution in [0.15, 0.2) is 66.7 Å². The smallest absolute Gasteiger partial charge is 0.261 e. The van der Waals surface area contributed by atoms with E-state index in [9.17, 15) is 14.0 Å². The van der Waals surface area contributed by atoms with Crippen molar-refractivity contribution in [2.24, 2.45) is 0 Å². The van der Waals surface area contributed by atoms with E-state index in [0.29, 0.717) is 25.3 Å². The molecular weight excluding hydrogens is 443 g/mol. The minimum absolute atomic E-state index is 0.112. The number of benzene rings is 3. The number of hydrogen-bond donors (Lipinski definition) is 1. The Balaban J connectivity index is 1.53. The fourth-order valence-electron chi connectivity index (χ4n) is 4.44. The van der Waals surface area contributed by atoms with Gasteiger partial charge in [-0.05, 0) is 66.8 Å². The van der Waals surface area contributed by atoms with E-state index in [1.165, 1.54) is 17.7 Å². The van der Waals surface area contributed by atoms with Crippen LogP contribution in [0.4, 0.5) is 4.39 Å². The number of rotatable bonds is 7. The van der Waals surface area contributed by atoms with Crippen LogP contribution in [-0.4, -0.2) is 29.4 Å². The summed E-state index contributed by atoms with van der Waals surface area (Å²) in [5.41, 5.74) is 5.23. The van der Waals surface area contributed by atoms with Gasteiger partial charge in [0.05, 0.1) is 6.04 Å². The molecule has 0 saturated heterocycles. The molecule has 0 radical (unpaired) electrons. The summed E-state index contributed by atoms with van der Waals surface area (Å²) in [5.74, 6) is 0.120. The van der Waals surface area contributed by atoms with Crippen LogP contribution >= 0.6 is 0 Å². The monoisotopic (exact) mass is 474 g/mol. The zero-order valence-electron chi connectivity index (χ0n) is 20.4. The summed E-state index contributed by atoms with van der Waals surface area (Å²) in [7, 11) is 0. The minimum atomic E-state index is -0.719. The molecule has 6 heteroatoms. The average Bonchev–Trinajstić information content (AvgIpc) is 2.87. The molecule has 3 aromatic rings. The maximum absolute atomic E-state index is 13.1. The first kappa shape index (κ1) is 24.5. The lowest BCUT2D eigenvalue weighted by Gasteiger charge is -2.38. The largest absolute Gasteiger partial charge is 0.481 e. The Kier molecular flexibility index (Phi) is 7.49. The van der Waals surface area contributed by atoms with Crippen LogP contribution in [0, 0.1) is 12.7 Å². The quantitative estimate of drug-likeness (QED) is 0.518. The van der Waals surface area contributed by atoms with Crippen LogP contribution in [-0.2, 0) is 22.6 Å². The van der Waals surface area contributed by atoms with Crippen molar-refractivity contribution in [3.8, 4) is 5.75 Å². The number of nitrogens with one attached hydrogen (secondary N) is 1. The molecule has 0 aromatic heterocycles. The van der Waals surface area contributed by atoms with Crippen molar-refractivity contribution in [2.75, 3.05) is 6.54 Å². The SMILES string of the molecule is CCC(=O)N1CCc2ccc(O[C@H](C)C(=O)NCc3ccc(F)cc3)cc2[C@@H]1c1ccc(C)cc1. The van der Waals surface area contributed by atoms with Crippen LogP contribution in [0.25, 0.3) is 0 Å². The first-order valence-electron chi connectivity index (χ1n) is 12.0. The number of fused-ring (bicyclic) bond motifs is 1. The molecule has 0 unspecified atom stereocenters. The average molecular weight is 475 g/mol. The van der Waals surface area contributed by atoms with Crippen molar-refractivity contribution in [3.05, 3.63) is 100 Å². The van der Waals surface area contributed by atoms with Gasteiger partial charge in [0.25, 0.3) is 5.91 Å². The summed E-state index contributed by atoms with van der Waals surface area (Å²) >= 11 is 0. The van der Waals surface area contributed by atoms with E-state index < -0.39 is 6.10 Å². The summed E-state index contributed by atoms with van der Waals surface area (Å²) in [6.07, 6.45) is 0.500. The Labute approximate surface area is 205 Å². The van der Waals surface area contributed by atoms with Crippen LogP contribution in [0.3, 0.4) is 0 Å². The molecule has 2 amide bonds. The third-order valence-electron chi connectivity index (χ3n) is 6.42. The van der Waals surface area contributed by atoms with Gasteiger partial charge in [-0.3, -0.25) is 9.59 Å². The van der Waals surface area contributed by atoms with E-state index in [0.717, 1.165) is 28.7 Å². The number of ether oxygens (including phenoxy) is 1. The van der Waals surface area contributed by atoms with Gasteiger partial charge in [0.1, 0.15) is 11.6 Å². The van der Waals surface area contributed by atoms with Crippen LogP contribution in [0.2, 0.25) is 0 Å². The number of carbonyl (C=O) groups excluding carboxylic acids is 2. The van der Waals surface area contributed by atoms with Crippen molar-refractivity contribution < 1.29 is 18.7 Å². The second-order valence-electron chi connectivity index (χ2n) is 8.97. The predicted octanol–water partition coefficient (Wildman–Crippen LogP) is 5.10. The number of hydrogen-bond acceptors (Lipinski definition) is 3. The molecule has 3 aromatic carbocycles. The molecule has 0 aliphatic carbocycles. The highest BCUT2D eigenvalue weighted by Crippen LogP contribution is 2.37. The summed E-state index contributed by atoms with van der Waals surface area (Å²) in [5, 5.41) is 2.83. The molecular formula is C29H31FN2O3. The molecule has 1 N–H and O–H groups in total. The number of carbonyl (C=O) groups is 2. The molecule has 2 atom stereocenters. The zero-order chi connectivity index (χ0) is 24.9. The molecule has 35 heavy (non-hydrogen) atoms. The summed E-state index contributed by atoms with van der Waals surface area (Å²) in [4.78, 5) is 27.4. The fraction of sp³-hybridized carbons (Fsp3) is 0.310. The molecule has 5 nitrogen and oxygen atoms in total. The third kappa shape index (κ3) is 5.70. The van der Waals surface area contributed by atoms with Crippen molar-refractivity contribution in [1.82, 2.24) is 10.2 Å². The normalized spacial score (nSPS) is 15.8. The number of amides is 2. The van der Waals surface area contributed by atoms with Gasteiger partial charge in [-0.15, -0.1) is 0 Å². The van der Waals surface area contributed by atoms with E-state index >= 15 is 0 Å². The van der Waals surface area contributed by atoms with E-state index in [1.54, 1.807) is 19.1 Å². The Bertz CT molecular complexity index is 1190. The molecule has 1 aliphatic heterocycles. The van der Waals surface area contributed by atoms with Crippen LogP contribution in [0.5, 0.6) is 5.75 Å². The summed E-state index contributed by atoms with van der Waals surface area (Å²) in [6.45, 7) is 6.59. The number of aryl methyl sites for hydroxylation is 1. The van der Waals surface area contributed by atoms with Gasteiger partial charge >= 0.3 is 0 Å². The highest BCUT2D eigenvalue weighted by molar-refractivity contribution is 5.80. The van der Waals surface area contributed by atoms with Crippen molar-refractivity contribution >= 4 is 11.8 Å². The first-order chi connectivity index (χ1) is 16.9. The maximum atomic E-state index is 13.1. The lowest BCUT2D eigenvalue weighted by molar-refractivity contribution is -0.133. The van der Waals surface area contributed by atoms with Gasteiger partial charge < -0.3 is 15.0 Å². The minimum Gasteiger partial charge on any atom is -0.481 e. The Morgan fingerprint density at radius 1 is 1.09 bits per heavy atom. The van der Waals surface area contributed by atoms with Gasteiger partial charge in [0.15, 0.2) is 6.10 Å². The molecule has 1 aliphatic rings. The lowest BCUT2D eigenvalue weighted by atomic mass is 9.87. The van der Waals surface area contributed by atoms with Crippen molar-refractivity contribution in [3.63, 3.8) is 0 Å². The van der Waals surface area contributed by atoms with Gasteiger partial charge in [0, 0.05) is 19.5 Å². The summed E-state index contributed by atoms with van der Waals surface area (Å²) in [6, 6.07) is 20.0. The highest BCUT2D eigenvalue weighted by atomic mass is 19.1. The van der Waals surface area contributed by atoms with Gasteiger partial charge in [-0.1, -0.05) is 55.0 Å². The van der Waals surface area contributed by atoms with Crippen LogP contribution < -0.4 is 10.1 Å². The van der Waals surface area contributed by atoms with E-state index in [4.69, 9.17) is 4.74 Å². The van der Waals surface area contributed by atoms with Crippen LogP contribution in [0.1, 0.15) is 54.1 Å². The molecule has 0 bridgehead atoms. The van der Waals surface area contributed by atoms with Crippen molar-refractivity contribution in [2.45, 2.75) is 52.3 Å². The van der Waals surface area contributed by atoms with E-state index in [-0.39, 0.29) is 23.7 Å². The molecule has 0 fully saturated rings. The topological polar surface area (TPSA) is 58.6 Å². The molecule has 1 heterocycles. The van der Waals surface area contributed by atoms with Gasteiger partial charge in [-0.2, -0.15) is 0 Å². The van der Waals surface area contributed by atoms with Crippen molar-refractivity contribution in [1.29, 1.82) is 0 Å². The highest BCUT2D eigenvalue weighted by Gasteiger charge is 2.32. The Hall–Kier alpha value is -3.67. The Morgan fingerprint density at radius 3 is 2.49 bits per heavy atom.